The Hall–Kier alpha value is -1.43. The predicted molar refractivity (Wildman–Crippen MR) is 92.8 cm³/mol. The number of esters is 1. The van der Waals surface area contributed by atoms with Gasteiger partial charge in [-0.25, -0.2) is 0 Å². The van der Waals surface area contributed by atoms with Crippen molar-refractivity contribution >= 4 is 5.97 Å². The maximum Gasteiger partial charge on any atom is 0.319 e. The Kier molecular flexibility index (Phi) is 8.22. The zero-order chi connectivity index (χ0) is 17.2. The van der Waals surface area contributed by atoms with Gasteiger partial charge < -0.3 is 14.2 Å². The number of hydrogen-bond acceptors (Lipinski definition) is 5. The minimum Gasteiger partial charge on any atom is -0.468 e. The highest BCUT2D eigenvalue weighted by molar-refractivity contribution is 5.71. The highest BCUT2D eigenvalue weighted by Crippen LogP contribution is 2.32. The number of piperidine rings is 1. The largest absolute Gasteiger partial charge is 0.468 e. The average Bonchev–Trinajstić information content (AvgIpc) is 2.62. The number of ether oxygens (including phenoxy) is 3. The van der Waals surface area contributed by atoms with Gasteiger partial charge in [-0.2, -0.15) is 0 Å². The van der Waals surface area contributed by atoms with Gasteiger partial charge in [-0.05, 0) is 31.4 Å². The van der Waals surface area contributed by atoms with Crippen LogP contribution in [0.2, 0.25) is 0 Å². The summed E-state index contributed by atoms with van der Waals surface area (Å²) < 4.78 is 16.1. The van der Waals surface area contributed by atoms with Gasteiger partial charge in [-0.1, -0.05) is 30.3 Å². The van der Waals surface area contributed by atoms with Crippen molar-refractivity contribution in [3.63, 3.8) is 0 Å². The number of rotatable bonds is 9. The molecular weight excluding hydrogens is 306 g/mol. The van der Waals surface area contributed by atoms with Crippen LogP contribution in [0.15, 0.2) is 30.3 Å². The van der Waals surface area contributed by atoms with Crippen LogP contribution in [0.4, 0.5) is 0 Å². The van der Waals surface area contributed by atoms with Crippen LogP contribution in [0.3, 0.4) is 0 Å². The Balaban J connectivity index is 2.00. The molecule has 2 atom stereocenters. The molecule has 1 aromatic rings. The first kappa shape index (κ1) is 18.9. The van der Waals surface area contributed by atoms with Crippen molar-refractivity contribution in [1.82, 2.24) is 4.90 Å². The number of benzene rings is 1. The minimum atomic E-state index is -0.173. The van der Waals surface area contributed by atoms with Crippen molar-refractivity contribution in [3.8, 4) is 0 Å². The van der Waals surface area contributed by atoms with Gasteiger partial charge >= 0.3 is 5.97 Å². The number of methoxy groups -OCH3 is 2. The molecule has 1 saturated heterocycles. The number of carbonyl (C=O) groups is 1. The maximum atomic E-state index is 11.6. The van der Waals surface area contributed by atoms with Crippen molar-refractivity contribution in [1.29, 1.82) is 0 Å². The summed E-state index contributed by atoms with van der Waals surface area (Å²) in [4.78, 5) is 13.7. The molecule has 0 amide bonds. The zero-order valence-corrected chi connectivity index (χ0v) is 14.8. The lowest BCUT2D eigenvalue weighted by atomic mass is 9.88. The molecule has 5 nitrogen and oxygen atoms in total. The second kappa shape index (κ2) is 10.4. The molecule has 0 radical (unpaired) electrons. The Bertz CT molecular complexity index is 480. The van der Waals surface area contributed by atoms with Gasteiger partial charge in [0.2, 0.25) is 0 Å². The van der Waals surface area contributed by atoms with Gasteiger partial charge in [0.1, 0.15) is 0 Å². The van der Waals surface area contributed by atoms with Gasteiger partial charge in [-0.15, -0.1) is 0 Å². The van der Waals surface area contributed by atoms with E-state index >= 15 is 0 Å². The van der Waals surface area contributed by atoms with Gasteiger partial charge in [-0.3, -0.25) is 9.69 Å². The van der Waals surface area contributed by atoms with E-state index in [1.165, 1.54) is 12.7 Å². The molecule has 0 bridgehead atoms. The molecule has 2 rings (SSSR count). The van der Waals surface area contributed by atoms with Crippen molar-refractivity contribution in [2.24, 2.45) is 5.92 Å². The summed E-state index contributed by atoms with van der Waals surface area (Å²) >= 11 is 0. The minimum absolute atomic E-state index is 0.0588. The lowest BCUT2D eigenvalue weighted by molar-refractivity contribution is -0.142. The lowest BCUT2D eigenvalue weighted by Crippen LogP contribution is -2.41. The molecule has 0 saturated carbocycles. The molecule has 134 valence electrons. The Morgan fingerprint density at radius 1 is 1.25 bits per heavy atom. The van der Waals surface area contributed by atoms with E-state index in [0.29, 0.717) is 25.7 Å². The first-order valence-corrected chi connectivity index (χ1v) is 8.69. The van der Waals surface area contributed by atoms with E-state index in [4.69, 9.17) is 14.2 Å². The number of likely N-dealkylation sites (tertiary alicyclic amines) is 1. The molecule has 1 aliphatic heterocycles. The van der Waals surface area contributed by atoms with Crippen LogP contribution >= 0.6 is 0 Å². The second-order valence-electron chi connectivity index (χ2n) is 6.26. The van der Waals surface area contributed by atoms with E-state index < -0.39 is 0 Å². The molecule has 24 heavy (non-hydrogen) atoms. The molecule has 0 spiro atoms. The van der Waals surface area contributed by atoms with Crippen LogP contribution in [-0.4, -0.2) is 57.9 Å². The van der Waals surface area contributed by atoms with E-state index in [-0.39, 0.29) is 12.1 Å². The first-order chi connectivity index (χ1) is 11.7. The van der Waals surface area contributed by atoms with Crippen molar-refractivity contribution < 1.29 is 19.0 Å². The quantitative estimate of drug-likeness (QED) is 0.513. The van der Waals surface area contributed by atoms with E-state index in [1.54, 1.807) is 7.11 Å². The molecule has 1 fully saturated rings. The SMILES string of the molecule is COCCCOC(c1ccccc1)C1CCCN(CC(=O)OC)C1. The van der Waals surface area contributed by atoms with Crippen LogP contribution < -0.4 is 0 Å². The monoisotopic (exact) mass is 335 g/mol. The third-order valence-corrected chi connectivity index (χ3v) is 4.47. The van der Waals surface area contributed by atoms with Gasteiger partial charge in [0.25, 0.3) is 0 Å². The van der Waals surface area contributed by atoms with E-state index in [0.717, 1.165) is 32.4 Å². The topological polar surface area (TPSA) is 48.0 Å². The van der Waals surface area contributed by atoms with Crippen molar-refractivity contribution in [3.05, 3.63) is 35.9 Å². The summed E-state index contributed by atoms with van der Waals surface area (Å²) in [6.07, 6.45) is 3.13. The molecule has 2 unspecified atom stereocenters. The summed E-state index contributed by atoms with van der Waals surface area (Å²) in [6.45, 7) is 3.55. The molecule has 0 aromatic heterocycles. The Morgan fingerprint density at radius 3 is 2.75 bits per heavy atom. The van der Waals surface area contributed by atoms with E-state index in [2.05, 4.69) is 29.2 Å². The van der Waals surface area contributed by atoms with Crippen LogP contribution in [-0.2, 0) is 19.0 Å². The lowest BCUT2D eigenvalue weighted by Gasteiger charge is -2.36. The van der Waals surface area contributed by atoms with Crippen LogP contribution in [0, 0.1) is 5.92 Å². The molecule has 1 heterocycles. The average molecular weight is 335 g/mol. The van der Waals surface area contributed by atoms with Crippen molar-refractivity contribution in [2.45, 2.75) is 25.4 Å². The highest BCUT2D eigenvalue weighted by atomic mass is 16.5. The molecule has 0 N–H and O–H groups in total. The highest BCUT2D eigenvalue weighted by Gasteiger charge is 2.29. The van der Waals surface area contributed by atoms with Crippen LogP contribution in [0.1, 0.15) is 30.9 Å². The number of nitrogens with zero attached hydrogens (tertiary/aromatic N) is 1. The summed E-state index contributed by atoms with van der Waals surface area (Å²) in [5.74, 6) is 0.210. The van der Waals surface area contributed by atoms with Gasteiger partial charge in [0.05, 0.1) is 19.8 Å². The smallest absolute Gasteiger partial charge is 0.319 e. The molecule has 1 aromatic carbocycles. The first-order valence-electron chi connectivity index (χ1n) is 8.69. The Morgan fingerprint density at radius 2 is 2.04 bits per heavy atom. The number of hydrogen-bond donors (Lipinski definition) is 0. The fourth-order valence-electron chi connectivity index (χ4n) is 3.29. The Labute approximate surface area is 144 Å². The van der Waals surface area contributed by atoms with E-state index in [1.807, 2.05) is 6.07 Å². The number of carbonyl (C=O) groups excluding carboxylic acids is 1. The summed E-state index contributed by atoms with van der Waals surface area (Å²) in [5, 5.41) is 0. The molecule has 0 aliphatic carbocycles. The van der Waals surface area contributed by atoms with Gasteiger partial charge in [0.15, 0.2) is 0 Å². The predicted octanol–water partition coefficient (Wildman–Crippen LogP) is 2.67. The molecule has 5 heteroatoms. The van der Waals surface area contributed by atoms with E-state index in [9.17, 15) is 4.79 Å². The molecular formula is C19H29NO4. The van der Waals surface area contributed by atoms with Crippen LogP contribution in [0.5, 0.6) is 0 Å². The normalized spacial score (nSPS) is 19.8. The fourth-order valence-corrected chi connectivity index (χ4v) is 3.29. The standard InChI is InChI=1S/C19H29NO4/c1-22-12-7-13-24-19(16-8-4-3-5-9-16)17-10-6-11-20(14-17)15-18(21)23-2/h3-5,8-9,17,19H,6-7,10-15H2,1-2H3. The fraction of sp³-hybridized carbons (Fsp3) is 0.632. The van der Waals surface area contributed by atoms with Crippen molar-refractivity contribution in [2.75, 3.05) is 47.1 Å². The second-order valence-corrected chi connectivity index (χ2v) is 6.26. The summed E-state index contributed by atoms with van der Waals surface area (Å²) in [6, 6.07) is 10.4. The molecule has 1 aliphatic rings. The maximum absolute atomic E-state index is 11.6. The third-order valence-electron chi connectivity index (χ3n) is 4.47. The zero-order valence-electron chi connectivity index (χ0n) is 14.8. The van der Waals surface area contributed by atoms with Gasteiger partial charge in [0, 0.05) is 32.8 Å². The van der Waals surface area contributed by atoms with Crippen LogP contribution in [0.25, 0.3) is 0 Å². The summed E-state index contributed by atoms with van der Waals surface area (Å²) in [5.41, 5.74) is 1.21. The third kappa shape index (κ3) is 5.89. The summed E-state index contributed by atoms with van der Waals surface area (Å²) in [7, 11) is 3.15.